The van der Waals surface area contributed by atoms with Crippen molar-refractivity contribution in [1.82, 2.24) is 4.98 Å². The summed E-state index contributed by atoms with van der Waals surface area (Å²) >= 11 is 0. The van der Waals surface area contributed by atoms with Crippen LogP contribution in [0.15, 0.2) is 82.0 Å². The zero-order valence-electron chi connectivity index (χ0n) is 20.6. The zero-order valence-corrected chi connectivity index (χ0v) is 20.6. The quantitative estimate of drug-likeness (QED) is 0.254. The minimum absolute atomic E-state index is 0.473. The monoisotopic (exact) mass is 459 g/mol. The van der Waals surface area contributed by atoms with Crippen LogP contribution in [-0.4, -0.2) is 4.98 Å². The molecule has 5 rings (SSSR count). The molecule has 3 aromatic rings. The number of hydrogen-bond donors (Lipinski definition) is 0. The summed E-state index contributed by atoms with van der Waals surface area (Å²) < 4.78 is 10.9. The average Bonchev–Trinajstić information content (AvgIpc) is 3.59. The topological polar surface area (TPSA) is 39.2 Å². The van der Waals surface area contributed by atoms with Gasteiger partial charge in [0.15, 0.2) is 0 Å². The smallest absolute Gasteiger partial charge is 0.126 e. The van der Waals surface area contributed by atoms with Crippen LogP contribution in [-0.2, 0) is 0 Å². The summed E-state index contributed by atoms with van der Waals surface area (Å²) in [4.78, 5) is 4.86. The van der Waals surface area contributed by atoms with E-state index in [1.54, 1.807) is 12.5 Å². The Labute approximate surface area is 206 Å². The first-order chi connectivity index (χ1) is 17.0. The maximum atomic E-state index is 5.47. The van der Waals surface area contributed by atoms with Gasteiger partial charge in [-0.25, -0.2) is 4.98 Å². The van der Waals surface area contributed by atoms with Crippen molar-refractivity contribution >= 4 is 24.3 Å². The summed E-state index contributed by atoms with van der Waals surface area (Å²) in [5.41, 5.74) is 10.6. The van der Waals surface area contributed by atoms with Gasteiger partial charge in [-0.05, 0) is 119 Å². The summed E-state index contributed by atoms with van der Waals surface area (Å²) in [7, 11) is 0. The molecule has 2 aliphatic carbocycles. The van der Waals surface area contributed by atoms with Crippen LogP contribution >= 0.6 is 0 Å². The Morgan fingerprint density at radius 1 is 0.686 bits per heavy atom. The Morgan fingerprint density at radius 3 is 1.86 bits per heavy atom. The molecule has 0 aromatic carbocycles. The first-order valence-electron chi connectivity index (χ1n) is 12.0. The van der Waals surface area contributed by atoms with Crippen LogP contribution in [0.4, 0.5) is 0 Å². The van der Waals surface area contributed by atoms with Gasteiger partial charge >= 0.3 is 0 Å². The van der Waals surface area contributed by atoms with Gasteiger partial charge in [0.2, 0.25) is 0 Å². The highest BCUT2D eigenvalue weighted by molar-refractivity contribution is 5.92. The highest BCUT2D eigenvalue weighted by atomic mass is 16.3. The number of nitrogens with zero attached hydrogens (tertiary/aromatic N) is 1. The van der Waals surface area contributed by atoms with Crippen molar-refractivity contribution in [3.63, 3.8) is 0 Å². The lowest BCUT2D eigenvalue weighted by Gasteiger charge is -2.09. The second-order valence-electron chi connectivity index (χ2n) is 9.25. The van der Waals surface area contributed by atoms with Crippen molar-refractivity contribution in [3.05, 3.63) is 113 Å². The van der Waals surface area contributed by atoms with Gasteiger partial charge in [0, 0.05) is 0 Å². The molecule has 0 radical (unpaired) electrons. The summed E-state index contributed by atoms with van der Waals surface area (Å²) in [6.07, 6.45) is 11.2. The van der Waals surface area contributed by atoms with Gasteiger partial charge in [0.25, 0.3) is 0 Å². The molecule has 3 heterocycles. The molecule has 174 valence electrons. The van der Waals surface area contributed by atoms with Crippen molar-refractivity contribution < 1.29 is 8.83 Å². The van der Waals surface area contributed by atoms with Crippen molar-refractivity contribution in [1.29, 1.82) is 0 Å². The van der Waals surface area contributed by atoms with Crippen molar-refractivity contribution in [2.45, 2.75) is 33.6 Å². The molecule has 0 saturated carbocycles. The van der Waals surface area contributed by atoms with Crippen molar-refractivity contribution in [3.8, 4) is 22.3 Å². The first-order valence-corrected chi connectivity index (χ1v) is 12.0. The standard InChI is InChI=1S/C32H29NO2/c1-21(2)24-10-9-22(3)32-30(20-24)23(4)17-31(32)25-18-26(11-13-28-7-5-15-34-28)33-27(19-25)12-14-29-8-6-16-35-29/h5-21H,1-4H3/b13-11+,14-12+. The summed E-state index contributed by atoms with van der Waals surface area (Å²) in [5, 5.41) is 0. The predicted molar refractivity (Wildman–Crippen MR) is 145 cm³/mol. The van der Waals surface area contributed by atoms with Gasteiger partial charge < -0.3 is 8.83 Å². The van der Waals surface area contributed by atoms with Gasteiger partial charge in [-0.3, -0.25) is 0 Å². The number of aromatic nitrogens is 1. The normalized spacial score (nSPS) is 12.0. The maximum Gasteiger partial charge on any atom is 0.126 e. The van der Waals surface area contributed by atoms with Crippen LogP contribution < -0.4 is 0 Å². The molecule has 3 nitrogen and oxygen atoms in total. The molecule has 0 atom stereocenters. The minimum atomic E-state index is 0.473. The van der Waals surface area contributed by atoms with Crippen LogP contribution in [0, 0.1) is 13.8 Å². The van der Waals surface area contributed by atoms with E-state index in [0.29, 0.717) is 5.92 Å². The zero-order chi connectivity index (χ0) is 24.4. The number of furan rings is 2. The van der Waals surface area contributed by atoms with E-state index in [9.17, 15) is 0 Å². The lowest BCUT2D eigenvalue weighted by Crippen LogP contribution is -1.90. The number of pyridine rings is 1. The second-order valence-corrected chi connectivity index (χ2v) is 9.25. The number of fused-ring (bicyclic) bond motifs is 1. The Balaban J connectivity index is 1.64. The van der Waals surface area contributed by atoms with Crippen LogP contribution in [0.2, 0.25) is 0 Å². The molecule has 0 amide bonds. The van der Waals surface area contributed by atoms with E-state index in [4.69, 9.17) is 13.8 Å². The number of aryl methyl sites for hydroxylation is 2. The molecule has 2 aliphatic rings. The van der Waals surface area contributed by atoms with Crippen LogP contribution in [0.5, 0.6) is 0 Å². The molecule has 0 N–H and O–H groups in total. The van der Waals surface area contributed by atoms with E-state index < -0.39 is 0 Å². The van der Waals surface area contributed by atoms with E-state index in [1.165, 1.54) is 33.4 Å². The molecule has 0 saturated heterocycles. The van der Waals surface area contributed by atoms with Crippen molar-refractivity contribution in [2.75, 3.05) is 0 Å². The molecule has 0 spiro atoms. The molecular weight excluding hydrogens is 430 g/mol. The summed E-state index contributed by atoms with van der Waals surface area (Å²) in [6, 6.07) is 21.1. The minimum Gasteiger partial charge on any atom is -0.465 e. The van der Waals surface area contributed by atoms with Gasteiger partial charge in [0.1, 0.15) is 11.5 Å². The van der Waals surface area contributed by atoms with E-state index in [2.05, 4.69) is 64.1 Å². The Morgan fingerprint density at radius 2 is 1.31 bits per heavy atom. The molecule has 0 aliphatic heterocycles. The molecule has 3 heteroatoms. The summed E-state index contributed by atoms with van der Waals surface area (Å²) in [5.74, 6) is 2.06. The Hall–Kier alpha value is -4.11. The third-order valence-corrected chi connectivity index (χ3v) is 6.32. The fourth-order valence-electron chi connectivity index (χ4n) is 4.43. The van der Waals surface area contributed by atoms with E-state index >= 15 is 0 Å². The van der Waals surface area contributed by atoms with E-state index in [-0.39, 0.29) is 0 Å². The third-order valence-electron chi connectivity index (χ3n) is 6.32. The lowest BCUT2D eigenvalue weighted by molar-refractivity contribution is 0.557. The SMILES string of the molecule is Cc1cc(-c2cc(/C=C/c3ccco3)nc(/C=C/c3ccco3)c2)c2c(C)ccc(C(C)C)cc1-2. The fourth-order valence-corrected chi connectivity index (χ4v) is 4.43. The first kappa shape index (κ1) is 22.7. The van der Waals surface area contributed by atoms with Crippen LogP contribution in [0.3, 0.4) is 0 Å². The van der Waals surface area contributed by atoms with Crippen LogP contribution in [0.1, 0.15) is 59.4 Å². The molecule has 0 bridgehead atoms. The van der Waals surface area contributed by atoms with Gasteiger partial charge in [-0.15, -0.1) is 0 Å². The molecule has 3 aromatic heterocycles. The lowest BCUT2D eigenvalue weighted by atomic mass is 9.97. The fraction of sp³-hybridized carbons (Fsp3) is 0.156. The largest absolute Gasteiger partial charge is 0.465 e. The molecule has 35 heavy (non-hydrogen) atoms. The predicted octanol–water partition coefficient (Wildman–Crippen LogP) is 9.12. The number of hydrogen-bond acceptors (Lipinski definition) is 3. The molecule has 0 unspecified atom stereocenters. The van der Waals surface area contributed by atoms with E-state index in [0.717, 1.165) is 28.5 Å². The third kappa shape index (κ3) is 4.90. The van der Waals surface area contributed by atoms with Crippen LogP contribution in [0.25, 0.3) is 46.6 Å². The Bertz CT molecular complexity index is 1410. The second kappa shape index (κ2) is 9.63. The molecule has 0 fully saturated rings. The summed E-state index contributed by atoms with van der Waals surface area (Å²) in [6.45, 7) is 8.89. The van der Waals surface area contributed by atoms with Crippen molar-refractivity contribution in [2.24, 2.45) is 0 Å². The number of rotatable bonds is 6. The average molecular weight is 460 g/mol. The maximum absolute atomic E-state index is 5.47. The highest BCUT2D eigenvalue weighted by Crippen LogP contribution is 2.42. The highest BCUT2D eigenvalue weighted by Gasteiger charge is 2.18. The Kier molecular flexibility index (Phi) is 6.24. The van der Waals surface area contributed by atoms with E-state index in [1.807, 2.05) is 48.6 Å². The van der Waals surface area contributed by atoms with Gasteiger partial charge in [-0.2, -0.15) is 0 Å². The van der Waals surface area contributed by atoms with Gasteiger partial charge in [0.05, 0.1) is 23.9 Å². The molecular formula is C32H29NO2. The van der Waals surface area contributed by atoms with Gasteiger partial charge in [-0.1, -0.05) is 38.1 Å².